The van der Waals surface area contributed by atoms with Crippen molar-refractivity contribution in [1.82, 2.24) is 10.2 Å². The second-order valence-electron chi connectivity index (χ2n) is 5.86. The summed E-state index contributed by atoms with van der Waals surface area (Å²) in [5, 5.41) is 3.66. The minimum absolute atomic E-state index is 0.593. The van der Waals surface area contributed by atoms with Gasteiger partial charge in [0, 0.05) is 18.6 Å². The number of nitrogens with one attached hydrogen (secondary N) is 1. The molecule has 0 heterocycles. The Kier molecular flexibility index (Phi) is 4.83. The van der Waals surface area contributed by atoms with Crippen LogP contribution in [0.4, 0.5) is 0 Å². The molecule has 3 nitrogen and oxygen atoms in total. The minimum Gasteiger partial charge on any atom is -0.497 e. The molecule has 0 aliphatic heterocycles. The summed E-state index contributed by atoms with van der Waals surface area (Å²) in [5.41, 5.74) is 1.41. The number of ether oxygens (including phenoxy) is 1. The number of likely N-dealkylation sites (N-methyl/N-ethyl adjacent to an activating group) is 1. The summed E-state index contributed by atoms with van der Waals surface area (Å²) in [6, 6.07) is 9.75. The summed E-state index contributed by atoms with van der Waals surface area (Å²) in [6.07, 6.45) is 2.49. The fourth-order valence-electron chi connectivity index (χ4n) is 2.47. The standard InChI is InChI=1S/C16H26N2O/c1-12(18(2)3)11-17-15-8-14(9-15)13-6-5-7-16(10-13)19-4/h5-7,10,12,14-15,17H,8-9,11H2,1-4H3. The van der Waals surface area contributed by atoms with Gasteiger partial charge in [0.25, 0.3) is 0 Å². The zero-order valence-corrected chi connectivity index (χ0v) is 12.5. The van der Waals surface area contributed by atoms with Gasteiger partial charge in [0.2, 0.25) is 0 Å². The van der Waals surface area contributed by atoms with Crippen molar-refractivity contribution in [2.75, 3.05) is 27.7 Å². The maximum Gasteiger partial charge on any atom is 0.119 e. The van der Waals surface area contributed by atoms with Gasteiger partial charge in [0.1, 0.15) is 5.75 Å². The van der Waals surface area contributed by atoms with Gasteiger partial charge in [-0.2, -0.15) is 0 Å². The molecule has 1 atom stereocenters. The van der Waals surface area contributed by atoms with Crippen LogP contribution in [0.3, 0.4) is 0 Å². The predicted octanol–water partition coefficient (Wildman–Crippen LogP) is 2.48. The smallest absolute Gasteiger partial charge is 0.119 e. The molecule has 0 saturated heterocycles. The molecule has 3 heteroatoms. The third kappa shape index (κ3) is 3.71. The van der Waals surface area contributed by atoms with Gasteiger partial charge in [-0.1, -0.05) is 12.1 Å². The number of methoxy groups -OCH3 is 1. The first-order valence-electron chi connectivity index (χ1n) is 7.14. The lowest BCUT2D eigenvalue weighted by molar-refractivity contribution is 0.245. The summed E-state index contributed by atoms with van der Waals surface area (Å²) in [6.45, 7) is 3.33. The summed E-state index contributed by atoms with van der Waals surface area (Å²) in [5.74, 6) is 1.66. The molecule has 0 bridgehead atoms. The molecule has 1 aromatic carbocycles. The van der Waals surface area contributed by atoms with E-state index in [0.717, 1.165) is 12.3 Å². The Morgan fingerprint density at radius 2 is 2.11 bits per heavy atom. The fourth-order valence-corrected chi connectivity index (χ4v) is 2.47. The van der Waals surface area contributed by atoms with Crippen LogP contribution in [-0.4, -0.2) is 44.7 Å². The van der Waals surface area contributed by atoms with Gasteiger partial charge in [-0.05, 0) is 57.5 Å². The van der Waals surface area contributed by atoms with E-state index in [1.54, 1.807) is 7.11 Å². The minimum atomic E-state index is 0.593. The van der Waals surface area contributed by atoms with E-state index < -0.39 is 0 Å². The SMILES string of the molecule is COc1cccc(C2CC(NCC(C)N(C)C)C2)c1. The van der Waals surface area contributed by atoms with Crippen LogP contribution < -0.4 is 10.1 Å². The Morgan fingerprint density at radius 3 is 2.74 bits per heavy atom. The molecular formula is C16H26N2O. The van der Waals surface area contributed by atoms with Gasteiger partial charge >= 0.3 is 0 Å². The summed E-state index contributed by atoms with van der Waals surface area (Å²) >= 11 is 0. The third-order valence-electron chi connectivity index (χ3n) is 4.29. The van der Waals surface area contributed by atoms with Crippen molar-refractivity contribution in [3.05, 3.63) is 29.8 Å². The van der Waals surface area contributed by atoms with Crippen molar-refractivity contribution >= 4 is 0 Å². The molecule has 0 spiro atoms. The average molecular weight is 262 g/mol. The third-order valence-corrected chi connectivity index (χ3v) is 4.29. The lowest BCUT2D eigenvalue weighted by Gasteiger charge is -2.37. The summed E-state index contributed by atoms with van der Waals surface area (Å²) < 4.78 is 5.28. The van der Waals surface area contributed by atoms with Crippen LogP contribution in [0.1, 0.15) is 31.2 Å². The molecule has 1 aliphatic carbocycles. The normalized spacial score (nSPS) is 24.1. The van der Waals surface area contributed by atoms with E-state index in [1.807, 2.05) is 6.07 Å². The number of nitrogens with zero attached hydrogens (tertiary/aromatic N) is 1. The van der Waals surface area contributed by atoms with Crippen LogP contribution in [0.15, 0.2) is 24.3 Å². The van der Waals surface area contributed by atoms with Gasteiger partial charge in [-0.15, -0.1) is 0 Å². The molecule has 1 saturated carbocycles. The molecule has 0 radical (unpaired) electrons. The molecule has 19 heavy (non-hydrogen) atoms. The number of benzene rings is 1. The Labute approximate surface area is 116 Å². The first kappa shape index (κ1) is 14.4. The second-order valence-corrected chi connectivity index (χ2v) is 5.86. The van der Waals surface area contributed by atoms with Crippen LogP contribution >= 0.6 is 0 Å². The topological polar surface area (TPSA) is 24.5 Å². The van der Waals surface area contributed by atoms with E-state index >= 15 is 0 Å². The van der Waals surface area contributed by atoms with Crippen LogP contribution in [0, 0.1) is 0 Å². The first-order valence-corrected chi connectivity index (χ1v) is 7.14. The van der Waals surface area contributed by atoms with Crippen molar-refractivity contribution in [2.24, 2.45) is 0 Å². The quantitative estimate of drug-likeness (QED) is 0.852. The molecule has 1 aliphatic rings. The lowest BCUT2D eigenvalue weighted by Crippen LogP contribution is -2.45. The van der Waals surface area contributed by atoms with Crippen molar-refractivity contribution < 1.29 is 4.74 Å². The monoisotopic (exact) mass is 262 g/mol. The van der Waals surface area contributed by atoms with Crippen LogP contribution in [-0.2, 0) is 0 Å². The maximum atomic E-state index is 5.28. The predicted molar refractivity (Wildman–Crippen MR) is 79.9 cm³/mol. The highest BCUT2D eigenvalue weighted by Gasteiger charge is 2.30. The molecule has 0 amide bonds. The van der Waals surface area contributed by atoms with E-state index in [2.05, 4.69) is 49.4 Å². The molecule has 1 unspecified atom stereocenters. The number of rotatable bonds is 6. The maximum absolute atomic E-state index is 5.28. The van der Waals surface area contributed by atoms with Crippen LogP contribution in [0.2, 0.25) is 0 Å². The van der Waals surface area contributed by atoms with E-state index in [4.69, 9.17) is 4.74 Å². The lowest BCUT2D eigenvalue weighted by atomic mass is 9.76. The van der Waals surface area contributed by atoms with E-state index in [9.17, 15) is 0 Å². The first-order chi connectivity index (χ1) is 9.10. The van der Waals surface area contributed by atoms with Crippen molar-refractivity contribution in [1.29, 1.82) is 0 Å². The van der Waals surface area contributed by atoms with Crippen molar-refractivity contribution in [3.8, 4) is 5.75 Å². The van der Waals surface area contributed by atoms with Gasteiger partial charge in [-0.25, -0.2) is 0 Å². The highest BCUT2D eigenvalue weighted by atomic mass is 16.5. The zero-order valence-electron chi connectivity index (χ0n) is 12.5. The Morgan fingerprint density at radius 1 is 1.37 bits per heavy atom. The summed E-state index contributed by atoms with van der Waals surface area (Å²) in [7, 11) is 5.99. The highest BCUT2D eigenvalue weighted by Crippen LogP contribution is 2.37. The summed E-state index contributed by atoms with van der Waals surface area (Å²) in [4.78, 5) is 2.26. The Balaban J connectivity index is 1.76. The van der Waals surface area contributed by atoms with Crippen molar-refractivity contribution in [2.45, 2.75) is 37.8 Å². The van der Waals surface area contributed by atoms with Gasteiger partial charge in [0.15, 0.2) is 0 Å². The van der Waals surface area contributed by atoms with Gasteiger partial charge in [0.05, 0.1) is 7.11 Å². The largest absolute Gasteiger partial charge is 0.497 e. The molecule has 106 valence electrons. The molecule has 1 fully saturated rings. The van der Waals surface area contributed by atoms with Crippen LogP contribution in [0.25, 0.3) is 0 Å². The zero-order chi connectivity index (χ0) is 13.8. The van der Waals surface area contributed by atoms with Gasteiger partial charge < -0.3 is 15.0 Å². The highest BCUT2D eigenvalue weighted by molar-refractivity contribution is 5.32. The molecule has 1 aromatic rings. The number of hydrogen-bond donors (Lipinski definition) is 1. The molecule has 0 aromatic heterocycles. The molecular weight excluding hydrogens is 236 g/mol. The van der Waals surface area contributed by atoms with Crippen LogP contribution in [0.5, 0.6) is 5.75 Å². The molecule has 1 N–H and O–H groups in total. The molecule has 2 rings (SSSR count). The fraction of sp³-hybridized carbons (Fsp3) is 0.625. The van der Waals surface area contributed by atoms with Crippen molar-refractivity contribution in [3.63, 3.8) is 0 Å². The average Bonchev–Trinajstić information content (AvgIpc) is 2.36. The Hall–Kier alpha value is -1.06. The van der Waals surface area contributed by atoms with E-state index in [-0.39, 0.29) is 0 Å². The van der Waals surface area contributed by atoms with E-state index in [1.165, 1.54) is 18.4 Å². The second kappa shape index (κ2) is 6.40. The number of hydrogen-bond acceptors (Lipinski definition) is 3. The van der Waals surface area contributed by atoms with E-state index in [0.29, 0.717) is 18.0 Å². The van der Waals surface area contributed by atoms with Gasteiger partial charge in [-0.3, -0.25) is 0 Å². The Bertz CT molecular complexity index is 399.